The van der Waals surface area contributed by atoms with E-state index in [-0.39, 0.29) is 5.56 Å². The van der Waals surface area contributed by atoms with Gasteiger partial charge in [-0.05, 0) is 47.5 Å². The number of amides is 3. The van der Waals surface area contributed by atoms with Gasteiger partial charge < -0.3 is 20.5 Å². The van der Waals surface area contributed by atoms with E-state index in [0.29, 0.717) is 22.9 Å². The third kappa shape index (κ3) is 7.03. The predicted octanol–water partition coefficient (Wildman–Crippen LogP) is 3.24. The number of halogens is 1. The lowest BCUT2D eigenvalue weighted by molar-refractivity contribution is -0.154. The maximum Gasteiger partial charge on any atom is 0.329 e. The van der Waals surface area contributed by atoms with Crippen LogP contribution in [0.1, 0.15) is 40.4 Å². The molecule has 0 aromatic heterocycles. The summed E-state index contributed by atoms with van der Waals surface area (Å²) in [5.74, 6) is -2.37. The van der Waals surface area contributed by atoms with Crippen molar-refractivity contribution >= 4 is 41.0 Å². The smallest absolute Gasteiger partial charge is 0.329 e. The molecule has 0 aliphatic carbocycles. The van der Waals surface area contributed by atoms with E-state index in [9.17, 15) is 19.2 Å². The van der Waals surface area contributed by atoms with E-state index in [2.05, 4.69) is 10.4 Å². The Bertz CT molecular complexity index is 1410. The molecule has 0 saturated heterocycles. The molecule has 11 heteroatoms. The van der Waals surface area contributed by atoms with Gasteiger partial charge in [0.2, 0.25) is 5.91 Å². The minimum atomic E-state index is -1.40. The van der Waals surface area contributed by atoms with E-state index < -0.39 is 48.8 Å². The van der Waals surface area contributed by atoms with Crippen LogP contribution >= 0.6 is 11.6 Å². The van der Waals surface area contributed by atoms with Crippen LogP contribution < -0.4 is 15.8 Å². The topological polar surface area (TPSA) is 140 Å². The number of carbonyl (C=O) groups is 4. The Morgan fingerprint density at radius 2 is 1.70 bits per heavy atom. The molecule has 10 nitrogen and oxygen atoms in total. The van der Waals surface area contributed by atoms with Gasteiger partial charge in [-0.2, -0.15) is 5.10 Å². The molecule has 3 amide bonds. The number of rotatable bonds is 10. The second-order valence-corrected chi connectivity index (χ2v) is 9.39. The Labute approximate surface area is 235 Å². The van der Waals surface area contributed by atoms with Crippen LogP contribution in [-0.4, -0.2) is 54.2 Å². The number of nitrogens with two attached hydrogens (primary N) is 1. The van der Waals surface area contributed by atoms with Crippen molar-refractivity contribution in [1.82, 2.24) is 10.3 Å². The average Bonchev–Trinajstić information content (AvgIpc) is 3.42. The molecular formula is C29H27ClN4O6. The summed E-state index contributed by atoms with van der Waals surface area (Å²) in [6.07, 6.45) is -0.0711. The fourth-order valence-corrected chi connectivity index (χ4v) is 4.29. The zero-order chi connectivity index (χ0) is 28.6. The van der Waals surface area contributed by atoms with Gasteiger partial charge in [0.1, 0.15) is 11.8 Å². The average molecular weight is 563 g/mol. The molecule has 1 aliphatic heterocycles. The van der Waals surface area contributed by atoms with Gasteiger partial charge in [0.05, 0.1) is 25.3 Å². The van der Waals surface area contributed by atoms with Gasteiger partial charge in [-0.1, -0.05) is 54.1 Å². The first-order valence-electron chi connectivity index (χ1n) is 12.4. The van der Waals surface area contributed by atoms with Gasteiger partial charge >= 0.3 is 5.97 Å². The van der Waals surface area contributed by atoms with Crippen LogP contribution in [0.2, 0.25) is 5.02 Å². The van der Waals surface area contributed by atoms with Gasteiger partial charge in [-0.25, -0.2) is 9.80 Å². The lowest BCUT2D eigenvalue weighted by Crippen LogP contribution is -2.45. The lowest BCUT2D eigenvalue weighted by atomic mass is 9.98. The molecule has 0 bridgehead atoms. The lowest BCUT2D eigenvalue weighted by Gasteiger charge is -2.23. The van der Waals surface area contributed by atoms with Crippen LogP contribution in [0.4, 0.5) is 0 Å². The molecule has 1 aliphatic rings. The van der Waals surface area contributed by atoms with E-state index in [0.717, 1.165) is 11.1 Å². The monoisotopic (exact) mass is 562 g/mol. The summed E-state index contributed by atoms with van der Waals surface area (Å²) in [6, 6.07) is 20.8. The molecule has 0 spiro atoms. The van der Waals surface area contributed by atoms with Crippen molar-refractivity contribution in [3.63, 3.8) is 0 Å². The fraction of sp³-hybridized carbons (Fsp3) is 0.207. The highest BCUT2D eigenvalue weighted by Gasteiger charge is 2.34. The fourth-order valence-electron chi connectivity index (χ4n) is 4.17. The number of methoxy groups -OCH3 is 1. The van der Waals surface area contributed by atoms with Crippen molar-refractivity contribution in [2.45, 2.75) is 24.9 Å². The number of carbonyl (C=O) groups excluding carboxylic acids is 4. The quantitative estimate of drug-likeness (QED) is 0.363. The van der Waals surface area contributed by atoms with Crippen molar-refractivity contribution < 1.29 is 28.7 Å². The number of primary amides is 1. The zero-order valence-electron chi connectivity index (χ0n) is 21.6. The third-order valence-corrected chi connectivity index (χ3v) is 6.46. The molecule has 1 unspecified atom stereocenters. The van der Waals surface area contributed by atoms with Gasteiger partial charge in [-0.15, -0.1) is 0 Å². The summed E-state index contributed by atoms with van der Waals surface area (Å²) in [7, 11) is 1.56. The highest BCUT2D eigenvalue weighted by Crippen LogP contribution is 2.33. The first-order valence-corrected chi connectivity index (χ1v) is 12.7. The van der Waals surface area contributed by atoms with Crippen molar-refractivity contribution in [2.24, 2.45) is 10.8 Å². The number of hydrogen-bond acceptors (Lipinski definition) is 7. The standard InChI is InChI=1S/C29H27ClN4O6/c1-39-22-13-9-19(10-14-22)25-15-23(18-5-3-2-4-6-18)33-34(25)27(36)17-40-29(38)24(16-26(31)35)32-28(37)20-7-11-21(30)12-8-20/h2-14,24-25H,15-17H2,1H3,(H2,31,35)(H,32,37)/t24-,25?/m0/s1. The van der Waals surface area contributed by atoms with Crippen LogP contribution in [0, 0.1) is 0 Å². The Morgan fingerprint density at radius 1 is 1.02 bits per heavy atom. The molecule has 1 heterocycles. The summed E-state index contributed by atoms with van der Waals surface area (Å²) in [5, 5.41) is 8.69. The second kappa shape index (κ2) is 12.9. The summed E-state index contributed by atoms with van der Waals surface area (Å²) >= 11 is 5.86. The SMILES string of the molecule is COc1ccc(C2CC(c3ccccc3)=NN2C(=O)COC(=O)[C@H](CC(N)=O)NC(=O)c2ccc(Cl)cc2)cc1. The molecule has 40 heavy (non-hydrogen) atoms. The summed E-state index contributed by atoms with van der Waals surface area (Å²) in [6.45, 7) is -0.664. The van der Waals surface area contributed by atoms with Crippen LogP contribution in [0.25, 0.3) is 0 Å². The number of nitrogens with zero attached hydrogens (tertiary/aromatic N) is 2. The molecule has 2 atom stereocenters. The Kier molecular flexibility index (Phi) is 9.13. The second-order valence-electron chi connectivity index (χ2n) is 8.96. The van der Waals surface area contributed by atoms with E-state index in [1.54, 1.807) is 19.2 Å². The van der Waals surface area contributed by atoms with E-state index in [1.165, 1.54) is 29.3 Å². The summed E-state index contributed by atoms with van der Waals surface area (Å²) in [4.78, 5) is 50.3. The maximum atomic E-state index is 13.3. The van der Waals surface area contributed by atoms with E-state index in [4.69, 9.17) is 26.8 Å². The van der Waals surface area contributed by atoms with E-state index in [1.807, 2.05) is 42.5 Å². The molecule has 3 aromatic carbocycles. The molecule has 3 N–H and O–H groups in total. The Morgan fingerprint density at radius 3 is 2.33 bits per heavy atom. The third-order valence-electron chi connectivity index (χ3n) is 6.21. The van der Waals surface area contributed by atoms with Crippen LogP contribution in [-0.2, 0) is 19.1 Å². The number of ether oxygens (including phenoxy) is 2. The first kappa shape index (κ1) is 28.3. The highest BCUT2D eigenvalue weighted by atomic mass is 35.5. The minimum absolute atomic E-state index is 0.213. The largest absolute Gasteiger partial charge is 0.497 e. The molecule has 0 fully saturated rings. The molecule has 206 valence electrons. The molecule has 0 saturated carbocycles. The van der Waals surface area contributed by atoms with Gasteiger partial charge in [0, 0.05) is 17.0 Å². The number of esters is 1. The van der Waals surface area contributed by atoms with Crippen LogP contribution in [0.5, 0.6) is 5.75 Å². The minimum Gasteiger partial charge on any atom is -0.497 e. The Hall–Kier alpha value is -4.70. The van der Waals surface area contributed by atoms with Crippen molar-refractivity contribution in [1.29, 1.82) is 0 Å². The van der Waals surface area contributed by atoms with Gasteiger partial charge in [-0.3, -0.25) is 14.4 Å². The number of hydrazone groups is 1. The number of benzene rings is 3. The highest BCUT2D eigenvalue weighted by molar-refractivity contribution is 6.30. The van der Waals surface area contributed by atoms with Gasteiger partial charge in [0.25, 0.3) is 11.8 Å². The molecular weight excluding hydrogens is 536 g/mol. The molecule has 0 radical (unpaired) electrons. The Balaban J connectivity index is 1.48. The number of nitrogens with one attached hydrogen (secondary N) is 1. The van der Waals surface area contributed by atoms with Crippen LogP contribution in [0.15, 0.2) is 84.0 Å². The van der Waals surface area contributed by atoms with Crippen molar-refractivity contribution in [3.05, 3.63) is 101 Å². The van der Waals surface area contributed by atoms with E-state index >= 15 is 0 Å². The molecule has 3 aromatic rings. The van der Waals surface area contributed by atoms with Crippen LogP contribution in [0.3, 0.4) is 0 Å². The first-order chi connectivity index (χ1) is 19.2. The van der Waals surface area contributed by atoms with Crippen molar-refractivity contribution in [2.75, 3.05) is 13.7 Å². The predicted molar refractivity (Wildman–Crippen MR) is 148 cm³/mol. The maximum absolute atomic E-state index is 13.3. The molecule has 4 rings (SSSR count). The zero-order valence-corrected chi connectivity index (χ0v) is 22.3. The summed E-state index contributed by atoms with van der Waals surface area (Å²) in [5.41, 5.74) is 7.87. The normalized spacial score (nSPS) is 15.1. The van der Waals surface area contributed by atoms with Crippen molar-refractivity contribution in [3.8, 4) is 5.75 Å². The summed E-state index contributed by atoms with van der Waals surface area (Å²) < 4.78 is 10.5. The number of hydrogen-bond donors (Lipinski definition) is 2. The van der Waals surface area contributed by atoms with Gasteiger partial charge in [0.15, 0.2) is 6.61 Å².